The Hall–Kier alpha value is -2.13. The summed E-state index contributed by atoms with van der Waals surface area (Å²) in [5.74, 6) is -1.32. The van der Waals surface area contributed by atoms with Crippen molar-refractivity contribution in [2.75, 3.05) is 0 Å². The second-order valence-electron chi connectivity index (χ2n) is 4.16. The van der Waals surface area contributed by atoms with Crippen molar-refractivity contribution in [2.24, 2.45) is 5.73 Å². The maximum atomic E-state index is 11.2. The molecule has 0 aliphatic rings. The third-order valence-corrected chi connectivity index (χ3v) is 2.96. The van der Waals surface area contributed by atoms with Crippen molar-refractivity contribution in [1.29, 1.82) is 0 Å². The summed E-state index contributed by atoms with van der Waals surface area (Å²) < 4.78 is 0. The molecule has 2 aromatic carbocycles. The van der Waals surface area contributed by atoms with Gasteiger partial charge in [0.25, 0.3) is 0 Å². The highest BCUT2D eigenvalue weighted by atomic mass is 16.4. The fourth-order valence-corrected chi connectivity index (χ4v) is 2.07. The number of carboxylic acids is 1. The number of aliphatic carboxylic acids is 1. The van der Waals surface area contributed by atoms with Crippen molar-refractivity contribution in [3.8, 4) is 0 Å². The Morgan fingerprint density at radius 2 is 1.14 bits per heavy atom. The number of rotatable bonds is 4. The van der Waals surface area contributed by atoms with Gasteiger partial charge in [0.2, 0.25) is 0 Å². The van der Waals surface area contributed by atoms with E-state index in [2.05, 4.69) is 0 Å². The SMILES string of the molecule is CC.CC.N[C@@H](C(=O)O)C(c1ccccc1)c1ccccc1. The van der Waals surface area contributed by atoms with E-state index in [1.165, 1.54) is 0 Å². The second-order valence-corrected chi connectivity index (χ2v) is 4.16. The van der Waals surface area contributed by atoms with Crippen LogP contribution < -0.4 is 5.73 Å². The standard InChI is InChI=1S/C15H15NO2.2C2H6/c16-14(15(17)18)13(11-7-3-1-4-8-11)12-9-5-2-6-10-12;2*1-2/h1-10,13-14H,16H2,(H,17,18);2*1-2H3/t14-;;/m1../s1. The number of benzene rings is 2. The van der Waals surface area contributed by atoms with Crippen LogP contribution in [0.2, 0.25) is 0 Å². The molecule has 0 heterocycles. The molecular formula is C19H27NO2. The Labute approximate surface area is 133 Å². The van der Waals surface area contributed by atoms with Gasteiger partial charge in [0.05, 0.1) is 0 Å². The molecule has 2 aromatic rings. The van der Waals surface area contributed by atoms with Crippen molar-refractivity contribution < 1.29 is 9.90 Å². The quantitative estimate of drug-likeness (QED) is 0.885. The van der Waals surface area contributed by atoms with Gasteiger partial charge >= 0.3 is 5.97 Å². The molecule has 0 radical (unpaired) electrons. The molecule has 0 unspecified atom stereocenters. The minimum absolute atomic E-state index is 0.329. The van der Waals surface area contributed by atoms with Crippen LogP contribution in [0.15, 0.2) is 60.7 Å². The molecule has 120 valence electrons. The Morgan fingerprint density at radius 3 is 1.41 bits per heavy atom. The van der Waals surface area contributed by atoms with Crippen LogP contribution in [0.5, 0.6) is 0 Å². The van der Waals surface area contributed by atoms with Crippen molar-refractivity contribution >= 4 is 5.97 Å². The van der Waals surface area contributed by atoms with Crippen molar-refractivity contribution in [2.45, 2.75) is 39.7 Å². The molecule has 0 spiro atoms. The summed E-state index contributed by atoms with van der Waals surface area (Å²) in [5, 5.41) is 9.15. The van der Waals surface area contributed by atoms with E-state index in [0.29, 0.717) is 0 Å². The maximum Gasteiger partial charge on any atom is 0.321 e. The van der Waals surface area contributed by atoms with Gasteiger partial charge in [-0.3, -0.25) is 4.79 Å². The van der Waals surface area contributed by atoms with Crippen LogP contribution >= 0.6 is 0 Å². The lowest BCUT2D eigenvalue weighted by Gasteiger charge is -2.21. The lowest BCUT2D eigenvalue weighted by atomic mass is 9.85. The summed E-state index contributed by atoms with van der Waals surface area (Å²) in [5.41, 5.74) is 7.66. The second kappa shape index (κ2) is 11.5. The van der Waals surface area contributed by atoms with Crippen molar-refractivity contribution in [3.63, 3.8) is 0 Å². The average molecular weight is 301 g/mol. The largest absolute Gasteiger partial charge is 0.480 e. The third kappa shape index (κ3) is 5.70. The summed E-state index contributed by atoms with van der Waals surface area (Å²) >= 11 is 0. The highest BCUT2D eigenvalue weighted by molar-refractivity contribution is 5.75. The molecule has 0 saturated carbocycles. The van der Waals surface area contributed by atoms with Crippen LogP contribution in [0.1, 0.15) is 44.7 Å². The van der Waals surface area contributed by atoms with Gasteiger partial charge in [0.15, 0.2) is 0 Å². The Bertz CT molecular complexity index is 472. The molecule has 3 heteroatoms. The average Bonchev–Trinajstić information content (AvgIpc) is 2.60. The monoisotopic (exact) mass is 301 g/mol. The lowest BCUT2D eigenvalue weighted by Crippen LogP contribution is -2.37. The van der Waals surface area contributed by atoms with E-state index in [9.17, 15) is 4.79 Å². The number of hydrogen-bond acceptors (Lipinski definition) is 2. The van der Waals surface area contributed by atoms with E-state index in [4.69, 9.17) is 10.8 Å². The van der Waals surface area contributed by atoms with Gasteiger partial charge in [-0.1, -0.05) is 88.4 Å². The zero-order chi connectivity index (χ0) is 17.0. The van der Waals surface area contributed by atoms with E-state index < -0.39 is 12.0 Å². The first-order valence-electron chi connectivity index (χ1n) is 7.78. The van der Waals surface area contributed by atoms with Gasteiger partial charge in [-0.2, -0.15) is 0 Å². The molecule has 0 fully saturated rings. The Kier molecular flexibility index (Phi) is 10.4. The summed E-state index contributed by atoms with van der Waals surface area (Å²) in [4.78, 5) is 11.2. The minimum atomic E-state index is -0.993. The Morgan fingerprint density at radius 1 is 0.818 bits per heavy atom. The topological polar surface area (TPSA) is 63.3 Å². The molecule has 0 aromatic heterocycles. The van der Waals surface area contributed by atoms with Crippen LogP contribution in [-0.4, -0.2) is 17.1 Å². The van der Waals surface area contributed by atoms with Gasteiger partial charge in [-0.05, 0) is 11.1 Å². The van der Waals surface area contributed by atoms with Gasteiger partial charge in [0, 0.05) is 5.92 Å². The molecule has 0 amide bonds. The predicted molar refractivity (Wildman–Crippen MR) is 93.0 cm³/mol. The van der Waals surface area contributed by atoms with Crippen LogP contribution in [0.25, 0.3) is 0 Å². The molecule has 22 heavy (non-hydrogen) atoms. The molecule has 0 bridgehead atoms. The van der Waals surface area contributed by atoms with E-state index in [-0.39, 0.29) is 5.92 Å². The Balaban J connectivity index is 0.00000102. The van der Waals surface area contributed by atoms with Gasteiger partial charge < -0.3 is 10.8 Å². The van der Waals surface area contributed by atoms with Crippen LogP contribution in [0, 0.1) is 0 Å². The van der Waals surface area contributed by atoms with Gasteiger partial charge in [0.1, 0.15) is 6.04 Å². The number of hydrogen-bond donors (Lipinski definition) is 2. The van der Waals surface area contributed by atoms with E-state index in [1.807, 2.05) is 88.4 Å². The minimum Gasteiger partial charge on any atom is -0.480 e. The molecular weight excluding hydrogens is 274 g/mol. The van der Waals surface area contributed by atoms with E-state index in [1.54, 1.807) is 0 Å². The number of carbonyl (C=O) groups is 1. The summed E-state index contributed by atoms with van der Waals surface area (Å²) in [6.45, 7) is 8.00. The molecule has 3 N–H and O–H groups in total. The first kappa shape index (κ1) is 19.9. The molecule has 1 atom stereocenters. The molecule has 2 rings (SSSR count). The fourth-order valence-electron chi connectivity index (χ4n) is 2.07. The normalized spacial score (nSPS) is 10.6. The summed E-state index contributed by atoms with van der Waals surface area (Å²) in [7, 11) is 0. The smallest absolute Gasteiger partial charge is 0.321 e. The first-order chi connectivity index (χ1) is 10.7. The fraction of sp³-hybridized carbons (Fsp3) is 0.316. The number of carboxylic acid groups (broad SMARTS) is 1. The highest BCUT2D eigenvalue weighted by Gasteiger charge is 2.26. The molecule has 0 aliphatic carbocycles. The van der Waals surface area contributed by atoms with Crippen molar-refractivity contribution in [3.05, 3.63) is 71.8 Å². The van der Waals surface area contributed by atoms with Crippen LogP contribution in [0.3, 0.4) is 0 Å². The summed E-state index contributed by atoms with van der Waals surface area (Å²) in [6, 6.07) is 18.0. The predicted octanol–water partition coefficient (Wildman–Crippen LogP) is 4.28. The van der Waals surface area contributed by atoms with E-state index >= 15 is 0 Å². The summed E-state index contributed by atoms with van der Waals surface area (Å²) in [6.07, 6.45) is 0. The zero-order valence-corrected chi connectivity index (χ0v) is 13.9. The molecule has 0 saturated heterocycles. The van der Waals surface area contributed by atoms with Gasteiger partial charge in [-0.15, -0.1) is 0 Å². The molecule has 0 aliphatic heterocycles. The molecule has 3 nitrogen and oxygen atoms in total. The van der Waals surface area contributed by atoms with Crippen LogP contribution in [0.4, 0.5) is 0 Å². The van der Waals surface area contributed by atoms with Gasteiger partial charge in [-0.25, -0.2) is 0 Å². The zero-order valence-electron chi connectivity index (χ0n) is 13.9. The third-order valence-electron chi connectivity index (χ3n) is 2.96. The maximum absolute atomic E-state index is 11.2. The van der Waals surface area contributed by atoms with Crippen molar-refractivity contribution in [1.82, 2.24) is 0 Å². The van der Waals surface area contributed by atoms with E-state index in [0.717, 1.165) is 11.1 Å². The van der Waals surface area contributed by atoms with Crippen LogP contribution in [-0.2, 0) is 4.79 Å². The highest BCUT2D eigenvalue weighted by Crippen LogP contribution is 2.27. The first-order valence-corrected chi connectivity index (χ1v) is 7.78. The lowest BCUT2D eigenvalue weighted by molar-refractivity contribution is -0.138. The number of nitrogens with two attached hydrogens (primary N) is 1.